The van der Waals surface area contributed by atoms with Crippen molar-refractivity contribution in [1.82, 2.24) is 9.97 Å². The standard InChI is InChI=1S/C12H20ClN3O/c1-3-9(5-6-17)7-14-12-10(4-2)11(13)15-8-16-12/h8-9,17H,3-7H2,1-2H3,(H,14,15,16). The van der Waals surface area contributed by atoms with Gasteiger partial charge in [0.05, 0.1) is 0 Å². The first-order valence-electron chi connectivity index (χ1n) is 6.06. The van der Waals surface area contributed by atoms with Crippen molar-refractivity contribution < 1.29 is 5.11 Å². The summed E-state index contributed by atoms with van der Waals surface area (Å²) in [5, 5.41) is 12.7. The summed E-state index contributed by atoms with van der Waals surface area (Å²) in [5.74, 6) is 1.27. The molecular weight excluding hydrogens is 238 g/mol. The number of nitrogens with zero attached hydrogens (tertiary/aromatic N) is 2. The predicted octanol–water partition coefficient (Wildman–Crippen LogP) is 2.51. The smallest absolute Gasteiger partial charge is 0.137 e. The highest BCUT2D eigenvalue weighted by Gasteiger charge is 2.10. The molecule has 0 aliphatic rings. The van der Waals surface area contributed by atoms with E-state index in [1.165, 1.54) is 6.33 Å². The van der Waals surface area contributed by atoms with E-state index in [0.29, 0.717) is 11.1 Å². The number of halogens is 1. The quantitative estimate of drug-likeness (QED) is 0.737. The first-order valence-corrected chi connectivity index (χ1v) is 6.44. The van der Waals surface area contributed by atoms with Crippen molar-refractivity contribution in [2.45, 2.75) is 33.1 Å². The maximum atomic E-state index is 8.94. The van der Waals surface area contributed by atoms with E-state index in [0.717, 1.165) is 37.2 Å². The van der Waals surface area contributed by atoms with E-state index in [2.05, 4.69) is 22.2 Å². The largest absolute Gasteiger partial charge is 0.396 e. The minimum Gasteiger partial charge on any atom is -0.396 e. The molecule has 0 aliphatic carbocycles. The lowest BCUT2D eigenvalue weighted by Crippen LogP contribution is -2.16. The number of anilines is 1. The molecule has 1 heterocycles. The van der Waals surface area contributed by atoms with E-state index in [9.17, 15) is 0 Å². The van der Waals surface area contributed by atoms with Crippen LogP contribution in [0.3, 0.4) is 0 Å². The highest BCUT2D eigenvalue weighted by atomic mass is 35.5. The molecule has 1 atom stereocenters. The minimum absolute atomic E-state index is 0.228. The number of hydrogen-bond acceptors (Lipinski definition) is 4. The first-order chi connectivity index (χ1) is 8.22. The molecule has 1 unspecified atom stereocenters. The summed E-state index contributed by atoms with van der Waals surface area (Å²) in [7, 11) is 0. The van der Waals surface area contributed by atoms with Crippen LogP contribution in [0.25, 0.3) is 0 Å². The minimum atomic E-state index is 0.228. The Morgan fingerprint density at radius 2 is 2.18 bits per heavy atom. The third-order valence-electron chi connectivity index (χ3n) is 2.92. The van der Waals surface area contributed by atoms with Gasteiger partial charge in [-0.2, -0.15) is 0 Å². The van der Waals surface area contributed by atoms with Crippen molar-refractivity contribution in [2.75, 3.05) is 18.5 Å². The van der Waals surface area contributed by atoms with Crippen molar-refractivity contribution in [3.05, 3.63) is 17.0 Å². The topological polar surface area (TPSA) is 58.0 Å². The number of aliphatic hydroxyl groups is 1. The van der Waals surface area contributed by atoms with Gasteiger partial charge in [-0.25, -0.2) is 9.97 Å². The van der Waals surface area contributed by atoms with Crippen LogP contribution in [-0.4, -0.2) is 28.2 Å². The Labute approximate surface area is 107 Å². The molecule has 2 N–H and O–H groups in total. The predicted molar refractivity (Wildman–Crippen MR) is 70.4 cm³/mol. The van der Waals surface area contributed by atoms with Crippen LogP contribution in [0.4, 0.5) is 5.82 Å². The Bertz CT molecular complexity index is 347. The molecule has 0 aromatic carbocycles. The molecule has 17 heavy (non-hydrogen) atoms. The summed E-state index contributed by atoms with van der Waals surface area (Å²) in [6.07, 6.45) is 4.12. The molecule has 0 bridgehead atoms. The van der Waals surface area contributed by atoms with E-state index >= 15 is 0 Å². The van der Waals surface area contributed by atoms with Gasteiger partial charge in [0.2, 0.25) is 0 Å². The van der Waals surface area contributed by atoms with Crippen LogP contribution in [0.2, 0.25) is 5.15 Å². The molecule has 96 valence electrons. The average molecular weight is 258 g/mol. The van der Waals surface area contributed by atoms with E-state index in [1.807, 2.05) is 6.92 Å². The summed E-state index contributed by atoms with van der Waals surface area (Å²) in [6.45, 7) is 5.18. The van der Waals surface area contributed by atoms with E-state index < -0.39 is 0 Å². The Morgan fingerprint density at radius 1 is 1.41 bits per heavy atom. The Kier molecular flexibility index (Phi) is 6.22. The second-order valence-electron chi connectivity index (χ2n) is 4.01. The highest BCUT2D eigenvalue weighted by molar-refractivity contribution is 6.30. The molecule has 1 aromatic heterocycles. The van der Waals surface area contributed by atoms with Gasteiger partial charge >= 0.3 is 0 Å². The zero-order chi connectivity index (χ0) is 12.7. The lowest BCUT2D eigenvalue weighted by Gasteiger charge is -2.16. The van der Waals surface area contributed by atoms with Gasteiger partial charge in [0.25, 0.3) is 0 Å². The molecule has 0 fully saturated rings. The number of hydrogen-bond donors (Lipinski definition) is 2. The van der Waals surface area contributed by atoms with Crippen molar-refractivity contribution in [3.63, 3.8) is 0 Å². The van der Waals surface area contributed by atoms with Crippen LogP contribution >= 0.6 is 11.6 Å². The monoisotopic (exact) mass is 257 g/mol. The van der Waals surface area contributed by atoms with Gasteiger partial charge in [0.1, 0.15) is 17.3 Å². The summed E-state index contributed by atoms with van der Waals surface area (Å²) in [4.78, 5) is 8.18. The Hall–Kier alpha value is -0.870. The molecule has 0 saturated carbocycles. The van der Waals surface area contributed by atoms with Gasteiger partial charge in [0.15, 0.2) is 0 Å². The fourth-order valence-corrected chi connectivity index (χ4v) is 2.00. The molecule has 1 aromatic rings. The molecule has 4 nitrogen and oxygen atoms in total. The van der Waals surface area contributed by atoms with Crippen molar-refractivity contribution in [2.24, 2.45) is 5.92 Å². The molecule has 0 radical (unpaired) electrons. The third-order valence-corrected chi connectivity index (χ3v) is 3.24. The summed E-state index contributed by atoms with van der Waals surface area (Å²) in [6, 6.07) is 0. The average Bonchev–Trinajstić information content (AvgIpc) is 2.34. The number of aliphatic hydroxyl groups excluding tert-OH is 1. The maximum absolute atomic E-state index is 8.94. The number of rotatable bonds is 7. The van der Waals surface area contributed by atoms with E-state index in [1.54, 1.807) is 0 Å². The summed E-state index contributed by atoms with van der Waals surface area (Å²) in [5.41, 5.74) is 0.952. The zero-order valence-corrected chi connectivity index (χ0v) is 11.2. The first kappa shape index (κ1) is 14.2. The lowest BCUT2D eigenvalue weighted by molar-refractivity contribution is 0.258. The van der Waals surface area contributed by atoms with Crippen molar-refractivity contribution >= 4 is 17.4 Å². The van der Waals surface area contributed by atoms with Gasteiger partial charge < -0.3 is 10.4 Å². The van der Waals surface area contributed by atoms with Crippen LogP contribution in [0.15, 0.2) is 6.33 Å². The van der Waals surface area contributed by atoms with Gasteiger partial charge in [-0.3, -0.25) is 0 Å². The molecule has 0 aliphatic heterocycles. The normalized spacial score (nSPS) is 12.5. The zero-order valence-electron chi connectivity index (χ0n) is 10.4. The van der Waals surface area contributed by atoms with Gasteiger partial charge in [-0.05, 0) is 18.8 Å². The fraction of sp³-hybridized carbons (Fsp3) is 0.667. The molecule has 0 saturated heterocycles. The van der Waals surface area contributed by atoms with E-state index in [-0.39, 0.29) is 6.61 Å². The molecule has 5 heteroatoms. The maximum Gasteiger partial charge on any atom is 0.137 e. The second-order valence-corrected chi connectivity index (χ2v) is 4.37. The Balaban J connectivity index is 2.65. The molecule has 0 amide bonds. The summed E-state index contributed by atoms with van der Waals surface area (Å²) >= 11 is 6.01. The number of aromatic nitrogens is 2. The van der Waals surface area contributed by atoms with Gasteiger partial charge in [-0.1, -0.05) is 31.9 Å². The number of nitrogens with one attached hydrogen (secondary N) is 1. The summed E-state index contributed by atoms with van der Waals surface area (Å²) < 4.78 is 0. The highest BCUT2D eigenvalue weighted by Crippen LogP contribution is 2.20. The van der Waals surface area contributed by atoms with Crippen LogP contribution in [0, 0.1) is 5.92 Å². The van der Waals surface area contributed by atoms with Crippen LogP contribution in [-0.2, 0) is 6.42 Å². The van der Waals surface area contributed by atoms with Crippen LogP contribution < -0.4 is 5.32 Å². The SMILES string of the molecule is CCc1c(Cl)ncnc1NCC(CC)CCO. The van der Waals surface area contributed by atoms with Crippen LogP contribution in [0.1, 0.15) is 32.3 Å². The van der Waals surface area contributed by atoms with E-state index in [4.69, 9.17) is 16.7 Å². The molecule has 0 spiro atoms. The molecular formula is C12H20ClN3O. The van der Waals surface area contributed by atoms with Crippen LogP contribution in [0.5, 0.6) is 0 Å². The third kappa shape index (κ3) is 4.13. The van der Waals surface area contributed by atoms with Gasteiger partial charge in [0, 0.05) is 18.7 Å². The second kappa shape index (κ2) is 7.45. The van der Waals surface area contributed by atoms with Crippen molar-refractivity contribution in [1.29, 1.82) is 0 Å². The fourth-order valence-electron chi connectivity index (χ4n) is 1.73. The lowest BCUT2D eigenvalue weighted by atomic mass is 10.0. The Morgan fingerprint density at radius 3 is 2.76 bits per heavy atom. The molecule has 1 rings (SSSR count). The van der Waals surface area contributed by atoms with Crippen molar-refractivity contribution in [3.8, 4) is 0 Å². The van der Waals surface area contributed by atoms with Gasteiger partial charge in [-0.15, -0.1) is 0 Å².